The molecule has 3 rings (SSSR count). The number of quaternary nitrogens is 1. The van der Waals surface area contributed by atoms with Crippen molar-refractivity contribution in [1.29, 1.82) is 0 Å². The van der Waals surface area contributed by atoms with Crippen LogP contribution in [0.2, 0.25) is 0 Å². The van der Waals surface area contributed by atoms with E-state index < -0.39 is 0 Å². The third kappa shape index (κ3) is 2.40. The number of benzene rings is 2. The lowest BCUT2D eigenvalue weighted by molar-refractivity contribution is -0.138. The number of carbonyl (C=O) groups is 1. The molecule has 0 saturated carbocycles. The van der Waals surface area contributed by atoms with E-state index in [9.17, 15) is 4.79 Å². The smallest absolute Gasteiger partial charge is 0.228 e. The maximum absolute atomic E-state index is 12.1. The minimum absolute atomic E-state index is 0.0280. The molecule has 2 aromatic carbocycles. The Morgan fingerprint density at radius 1 is 1.18 bits per heavy atom. The van der Waals surface area contributed by atoms with Gasteiger partial charge in [0.2, 0.25) is 5.91 Å². The SMILES string of the molecule is CO[N+]1(c2ccccc2)Cc2cc(C)ccc2N(C(C)=O)C1. The van der Waals surface area contributed by atoms with Gasteiger partial charge in [0, 0.05) is 24.6 Å². The number of nitrogens with zero attached hydrogens (tertiary/aromatic N) is 2. The van der Waals surface area contributed by atoms with Crippen molar-refractivity contribution in [2.75, 3.05) is 18.7 Å². The highest BCUT2D eigenvalue weighted by atomic mass is 16.7. The number of anilines is 1. The van der Waals surface area contributed by atoms with Crippen LogP contribution in [-0.4, -0.2) is 19.7 Å². The molecular formula is C18H21N2O2+. The number of hydrogen-bond donors (Lipinski definition) is 0. The molecule has 0 spiro atoms. The number of rotatable bonds is 2. The van der Waals surface area contributed by atoms with Crippen LogP contribution in [0, 0.1) is 6.92 Å². The lowest BCUT2D eigenvalue weighted by atomic mass is 10.0. The van der Waals surface area contributed by atoms with E-state index in [0.717, 1.165) is 16.9 Å². The Kier molecular flexibility index (Phi) is 3.72. The second kappa shape index (κ2) is 5.55. The summed E-state index contributed by atoms with van der Waals surface area (Å²) in [6.45, 7) is 4.86. The molecule has 0 aromatic heterocycles. The van der Waals surface area contributed by atoms with Crippen molar-refractivity contribution in [1.82, 2.24) is 4.65 Å². The van der Waals surface area contributed by atoms with Gasteiger partial charge in [-0.15, -0.1) is 4.65 Å². The fourth-order valence-corrected chi connectivity index (χ4v) is 3.10. The molecule has 0 radical (unpaired) electrons. The van der Waals surface area contributed by atoms with Crippen LogP contribution in [0.1, 0.15) is 18.1 Å². The molecule has 2 aromatic rings. The molecule has 4 nitrogen and oxygen atoms in total. The molecule has 4 heteroatoms. The molecule has 0 aliphatic carbocycles. The minimum Gasteiger partial charge on any atom is -0.275 e. The lowest BCUT2D eigenvalue weighted by Gasteiger charge is -2.42. The van der Waals surface area contributed by atoms with Crippen LogP contribution in [0.25, 0.3) is 0 Å². The highest BCUT2D eigenvalue weighted by molar-refractivity contribution is 5.93. The molecule has 1 heterocycles. The second-order valence-corrected chi connectivity index (χ2v) is 5.79. The van der Waals surface area contributed by atoms with Gasteiger partial charge in [-0.2, -0.15) is 4.84 Å². The topological polar surface area (TPSA) is 29.5 Å². The van der Waals surface area contributed by atoms with Crippen molar-refractivity contribution >= 4 is 17.3 Å². The van der Waals surface area contributed by atoms with Gasteiger partial charge in [0.1, 0.15) is 6.54 Å². The normalized spacial score (nSPS) is 20.6. The Balaban J connectivity index is 2.14. The third-order valence-corrected chi connectivity index (χ3v) is 4.28. The van der Waals surface area contributed by atoms with E-state index in [-0.39, 0.29) is 10.6 Å². The Morgan fingerprint density at radius 2 is 1.91 bits per heavy atom. The van der Waals surface area contributed by atoms with Gasteiger partial charge in [0.05, 0.1) is 12.8 Å². The highest BCUT2D eigenvalue weighted by Gasteiger charge is 2.41. The number of aryl methyl sites for hydroxylation is 1. The van der Waals surface area contributed by atoms with Crippen molar-refractivity contribution in [3.8, 4) is 0 Å². The monoisotopic (exact) mass is 297 g/mol. The quantitative estimate of drug-likeness (QED) is 0.795. The average molecular weight is 297 g/mol. The molecule has 114 valence electrons. The van der Waals surface area contributed by atoms with Crippen molar-refractivity contribution in [3.63, 3.8) is 0 Å². The number of para-hydroxylation sites is 1. The largest absolute Gasteiger partial charge is 0.275 e. The molecule has 1 aliphatic rings. The van der Waals surface area contributed by atoms with Gasteiger partial charge in [-0.25, -0.2) is 0 Å². The van der Waals surface area contributed by atoms with Crippen molar-refractivity contribution in [2.45, 2.75) is 20.4 Å². The maximum Gasteiger partial charge on any atom is 0.228 e. The predicted octanol–water partition coefficient (Wildman–Crippen LogP) is 3.39. The molecule has 1 aliphatic heterocycles. The average Bonchev–Trinajstić information content (AvgIpc) is 2.54. The zero-order chi connectivity index (χ0) is 15.7. The first-order chi connectivity index (χ1) is 10.6. The van der Waals surface area contributed by atoms with E-state index in [1.165, 1.54) is 5.56 Å². The summed E-state index contributed by atoms with van der Waals surface area (Å²) in [5, 5.41) is 0. The van der Waals surface area contributed by atoms with Gasteiger partial charge in [-0.05, 0) is 19.1 Å². The van der Waals surface area contributed by atoms with Crippen molar-refractivity contribution in [2.24, 2.45) is 0 Å². The summed E-state index contributed by atoms with van der Waals surface area (Å²) in [5.41, 5.74) is 4.35. The highest BCUT2D eigenvalue weighted by Crippen LogP contribution is 2.36. The molecule has 22 heavy (non-hydrogen) atoms. The fraction of sp³-hybridized carbons (Fsp3) is 0.278. The Bertz CT molecular complexity index is 699. The van der Waals surface area contributed by atoms with Crippen molar-refractivity contribution < 1.29 is 9.63 Å². The van der Waals surface area contributed by atoms with Crippen LogP contribution in [-0.2, 0) is 16.2 Å². The molecule has 0 bridgehead atoms. The van der Waals surface area contributed by atoms with Gasteiger partial charge < -0.3 is 0 Å². The molecular weight excluding hydrogens is 276 g/mol. The lowest BCUT2D eigenvalue weighted by Crippen LogP contribution is -2.58. The maximum atomic E-state index is 12.1. The number of fused-ring (bicyclic) bond motifs is 1. The summed E-state index contributed by atoms with van der Waals surface area (Å²) in [6.07, 6.45) is 0. The van der Waals surface area contributed by atoms with E-state index in [0.29, 0.717) is 13.2 Å². The number of hydrogen-bond acceptors (Lipinski definition) is 2. The Labute approximate surface area is 131 Å². The van der Waals surface area contributed by atoms with Crippen LogP contribution in [0.5, 0.6) is 0 Å². The van der Waals surface area contributed by atoms with Crippen LogP contribution in [0.15, 0.2) is 48.5 Å². The van der Waals surface area contributed by atoms with E-state index in [2.05, 4.69) is 13.0 Å². The first kappa shape index (κ1) is 14.8. The second-order valence-electron chi connectivity index (χ2n) is 5.79. The minimum atomic E-state index is 0.0280. The standard InChI is InChI=1S/C18H21N2O2/c1-14-9-10-18-16(11-14)12-20(22-3,13-19(18)15(2)21)17-7-5-4-6-8-17/h4-11H,12-13H2,1-3H3/q+1. The summed E-state index contributed by atoms with van der Waals surface area (Å²) in [7, 11) is 1.70. The molecule has 1 atom stereocenters. The summed E-state index contributed by atoms with van der Waals surface area (Å²) in [5.74, 6) is 0.0280. The van der Waals surface area contributed by atoms with Crippen LogP contribution >= 0.6 is 0 Å². The first-order valence-electron chi connectivity index (χ1n) is 7.42. The molecule has 0 fully saturated rings. The van der Waals surface area contributed by atoms with E-state index in [1.54, 1.807) is 18.9 Å². The molecule has 1 unspecified atom stereocenters. The van der Waals surface area contributed by atoms with Crippen LogP contribution < -0.4 is 9.55 Å². The van der Waals surface area contributed by atoms with Crippen molar-refractivity contribution in [3.05, 3.63) is 59.7 Å². The van der Waals surface area contributed by atoms with Gasteiger partial charge in [-0.3, -0.25) is 9.69 Å². The number of amides is 1. The van der Waals surface area contributed by atoms with Crippen LogP contribution in [0.4, 0.5) is 11.4 Å². The third-order valence-electron chi connectivity index (χ3n) is 4.28. The van der Waals surface area contributed by atoms with E-state index >= 15 is 0 Å². The summed E-state index contributed by atoms with van der Waals surface area (Å²) in [4.78, 5) is 19.8. The van der Waals surface area contributed by atoms with Gasteiger partial charge in [0.25, 0.3) is 0 Å². The van der Waals surface area contributed by atoms with Gasteiger partial charge >= 0.3 is 0 Å². The Morgan fingerprint density at radius 3 is 2.55 bits per heavy atom. The number of hydroxylamine groups is 2. The Hall–Kier alpha value is -2.17. The summed E-state index contributed by atoms with van der Waals surface area (Å²) in [6, 6.07) is 16.3. The van der Waals surface area contributed by atoms with E-state index in [4.69, 9.17) is 4.84 Å². The zero-order valence-corrected chi connectivity index (χ0v) is 13.2. The zero-order valence-electron chi connectivity index (χ0n) is 13.2. The molecule has 0 saturated heterocycles. The first-order valence-corrected chi connectivity index (χ1v) is 7.42. The fourth-order valence-electron chi connectivity index (χ4n) is 3.10. The van der Waals surface area contributed by atoms with Gasteiger partial charge in [-0.1, -0.05) is 29.8 Å². The summed E-state index contributed by atoms with van der Waals surface area (Å²) >= 11 is 0. The molecule has 0 N–H and O–H groups in total. The van der Waals surface area contributed by atoms with Gasteiger partial charge in [0.15, 0.2) is 12.4 Å². The molecule has 1 amide bonds. The predicted molar refractivity (Wildman–Crippen MR) is 88.2 cm³/mol. The van der Waals surface area contributed by atoms with E-state index in [1.807, 2.05) is 42.5 Å². The number of carbonyl (C=O) groups excluding carboxylic acids is 1. The van der Waals surface area contributed by atoms with Crippen LogP contribution in [0.3, 0.4) is 0 Å². The summed E-state index contributed by atoms with van der Waals surface area (Å²) < 4.78 is 0.289.